The van der Waals surface area contributed by atoms with Crippen LogP contribution in [0.2, 0.25) is 0 Å². The molecule has 0 radical (unpaired) electrons. The van der Waals surface area contributed by atoms with Crippen molar-refractivity contribution in [2.75, 3.05) is 6.61 Å². The summed E-state index contributed by atoms with van der Waals surface area (Å²) in [6.45, 7) is 2.30. The van der Waals surface area contributed by atoms with E-state index in [9.17, 15) is 4.79 Å². The second kappa shape index (κ2) is 5.08. The molecule has 0 spiro atoms. The largest absolute Gasteiger partial charge is 0.466 e. The molecule has 4 aliphatic carbocycles. The molecule has 4 bridgehead atoms. The number of hydrogen-bond acceptors (Lipinski definition) is 4. The van der Waals surface area contributed by atoms with Gasteiger partial charge in [-0.05, 0) is 63.2 Å². The summed E-state index contributed by atoms with van der Waals surface area (Å²) in [6, 6.07) is 0. The van der Waals surface area contributed by atoms with Crippen LogP contribution < -0.4 is 0 Å². The van der Waals surface area contributed by atoms with Crippen LogP contribution in [0.4, 0.5) is 0 Å². The van der Waals surface area contributed by atoms with E-state index in [4.69, 9.17) is 9.72 Å². The Morgan fingerprint density at radius 1 is 1.29 bits per heavy atom. The molecule has 0 unspecified atom stereocenters. The molecule has 21 heavy (non-hydrogen) atoms. The summed E-state index contributed by atoms with van der Waals surface area (Å²) in [6.07, 6.45) is 8.72. The fraction of sp³-hybridized carbons (Fsp3) is 0.765. The van der Waals surface area contributed by atoms with Crippen molar-refractivity contribution in [3.63, 3.8) is 0 Å². The normalized spacial score (nSPS) is 36.9. The molecule has 3 nitrogen and oxygen atoms in total. The molecule has 0 aliphatic heterocycles. The van der Waals surface area contributed by atoms with Crippen LogP contribution >= 0.6 is 11.3 Å². The zero-order chi connectivity index (χ0) is 14.4. The number of aromatic nitrogens is 1. The molecule has 114 valence electrons. The molecule has 0 N–H and O–H groups in total. The van der Waals surface area contributed by atoms with E-state index in [0.29, 0.717) is 18.4 Å². The Labute approximate surface area is 130 Å². The molecule has 4 fully saturated rings. The quantitative estimate of drug-likeness (QED) is 0.796. The number of hydrogen-bond donors (Lipinski definition) is 0. The van der Waals surface area contributed by atoms with Crippen LogP contribution in [-0.2, 0) is 21.4 Å². The molecule has 1 heterocycles. The van der Waals surface area contributed by atoms with Gasteiger partial charge in [-0.3, -0.25) is 4.79 Å². The van der Waals surface area contributed by atoms with Gasteiger partial charge in [-0.15, -0.1) is 11.3 Å². The van der Waals surface area contributed by atoms with Gasteiger partial charge in [-0.2, -0.15) is 0 Å². The average molecular weight is 305 g/mol. The van der Waals surface area contributed by atoms with Crippen molar-refractivity contribution >= 4 is 17.3 Å². The minimum atomic E-state index is -0.149. The number of nitrogens with zero attached hydrogens (tertiary/aromatic N) is 1. The number of thiazole rings is 1. The lowest BCUT2D eigenvalue weighted by Gasteiger charge is -2.56. The maximum absolute atomic E-state index is 11.6. The van der Waals surface area contributed by atoms with Crippen LogP contribution in [0.1, 0.15) is 56.2 Å². The van der Waals surface area contributed by atoms with E-state index in [1.165, 1.54) is 44.2 Å². The third-order valence-corrected chi connectivity index (χ3v) is 6.58. The van der Waals surface area contributed by atoms with Crippen LogP contribution in [0.5, 0.6) is 0 Å². The first-order chi connectivity index (χ1) is 10.2. The van der Waals surface area contributed by atoms with Gasteiger partial charge in [0, 0.05) is 10.8 Å². The Morgan fingerprint density at radius 3 is 2.48 bits per heavy atom. The topological polar surface area (TPSA) is 39.2 Å². The summed E-state index contributed by atoms with van der Waals surface area (Å²) in [4.78, 5) is 16.5. The fourth-order valence-corrected chi connectivity index (χ4v) is 6.30. The molecule has 0 aromatic carbocycles. The minimum absolute atomic E-state index is 0.149. The van der Waals surface area contributed by atoms with Crippen molar-refractivity contribution in [1.29, 1.82) is 0 Å². The molecule has 0 saturated heterocycles. The summed E-state index contributed by atoms with van der Waals surface area (Å²) >= 11 is 1.64. The molecule has 4 aliphatic rings. The van der Waals surface area contributed by atoms with E-state index in [0.717, 1.165) is 22.8 Å². The van der Waals surface area contributed by atoms with E-state index in [1.54, 1.807) is 11.3 Å². The highest BCUT2D eigenvalue weighted by atomic mass is 32.1. The molecule has 0 atom stereocenters. The first kappa shape index (κ1) is 13.7. The smallest absolute Gasteiger partial charge is 0.312 e. The van der Waals surface area contributed by atoms with E-state index in [2.05, 4.69) is 5.38 Å². The molecule has 1 aromatic heterocycles. The number of esters is 1. The van der Waals surface area contributed by atoms with Crippen molar-refractivity contribution in [2.24, 2.45) is 17.8 Å². The van der Waals surface area contributed by atoms with Crippen LogP contribution in [0, 0.1) is 17.8 Å². The Bertz CT molecular complexity index is 515. The Balaban J connectivity index is 1.54. The molecule has 4 saturated carbocycles. The van der Waals surface area contributed by atoms with Gasteiger partial charge in [0.05, 0.1) is 18.7 Å². The number of rotatable bonds is 4. The monoisotopic (exact) mass is 305 g/mol. The number of carbonyl (C=O) groups excluding carboxylic acids is 1. The van der Waals surface area contributed by atoms with E-state index >= 15 is 0 Å². The SMILES string of the molecule is CCOC(=O)Cc1nc(C23CC4CC(CC(C4)C2)C3)cs1. The predicted molar refractivity (Wildman–Crippen MR) is 82.3 cm³/mol. The van der Waals surface area contributed by atoms with E-state index < -0.39 is 0 Å². The van der Waals surface area contributed by atoms with Gasteiger partial charge in [-0.1, -0.05) is 0 Å². The molecule has 0 amide bonds. The van der Waals surface area contributed by atoms with Crippen molar-refractivity contribution in [3.05, 3.63) is 16.1 Å². The Kier molecular flexibility index (Phi) is 3.32. The van der Waals surface area contributed by atoms with Gasteiger partial charge in [0.2, 0.25) is 0 Å². The fourth-order valence-electron chi connectivity index (χ4n) is 5.40. The zero-order valence-electron chi connectivity index (χ0n) is 12.6. The maximum atomic E-state index is 11.6. The highest BCUT2D eigenvalue weighted by Gasteiger charge is 2.52. The van der Waals surface area contributed by atoms with E-state index in [-0.39, 0.29) is 5.97 Å². The number of ether oxygens (including phenoxy) is 1. The van der Waals surface area contributed by atoms with Crippen LogP contribution in [0.25, 0.3) is 0 Å². The van der Waals surface area contributed by atoms with Gasteiger partial charge >= 0.3 is 5.97 Å². The molecule has 1 aromatic rings. The van der Waals surface area contributed by atoms with Gasteiger partial charge in [0.1, 0.15) is 5.01 Å². The molecule has 5 rings (SSSR count). The Morgan fingerprint density at radius 2 is 1.90 bits per heavy atom. The molecular weight excluding hydrogens is 282 g/mol. The van der Waals surface area contributed by atoms with Gasteiger partial charge in [-0.25, -0.2) is 4.98 Å². The molecule has 4 heteroatoms. The summed E-state index contributed by atoms with van der Waals surface area (Å²) in [5.74, 6) is 2.66. The van der Waals surface area contributed by atoms with Crippen LogP contribution in [0.3, 0.4) is 0 Å². The predicted octanol–water partition coefficient (Wildman–Crippen LogP) is 3.72. The Hall–Kier alpha value is -0.900. The van der Waals surface area contributed by atoms with Crippen molar-refractivity contribution < 1.29 is 9.53 Å². The zero-order valence-corrected chi connectivity index (χ0v) is 13.5. The lowest BCUT2D eigenvalue weighted by atomic mass is 9.49. The summed E-state index contributed by atoms with van der Waals surface area (Å²) in [5, 5.41) is 3.15. The minimum Gasteiger partial charge on any atom is -0.466 e. The van der Waals surface area contributed by atoms with Crippen LogP contribution in [-0.4, -0.2) is 17.6 Å². The first-order valence-corrected chi connectivity index (χ1v) is 9.15. The van der Waals surface area contributed by atoms with Gasteiger partial charge < -0.3 is 4.74 Å². The summed E-state index contributed by atoms with van der Waals surface area (Å²) in [5.41, 5.74) is 1.63. The lowest BCUT2D eigenvalue weighted by Crippen LogP contribution is -2.48. The highest BCUT2D eigenvalue weighted by molar-refractivity contribution is 7.09. The second-order valence-electron chi connectivity index (χ2n) is 7.31. The average Bonchev–Trinajstić information content (AvgIpc) is 2.86. The van der Waals surface area contributed by atoms with Gasteiger partial charge in [0.25, 0.3) is 0 Å². The first-order valence-electron chi connectivity index (χ1n) is 8.27. The third kappa shape index (κ3) is 2.41. The number of carbonyl (C=O) groups is 1. The molecular formula is C17H23NO2S. The summed E-state index contributed by atoms with van der Waals surface area (Å²) in [7, 11) is 0. The van der Waals surface area contributed by atoms with Crippen molar-refractivity contribution in [1.82, 2.24) is 4.98 Å². The van der Waals surface area contributed by atoms with Crippen molar-refractivity contribution in [3.8, 4) is 0 Å². The maximum Gasteiger partial charge on any atom is 0.312 e. The van der Waals surface area contributed by atoms with Crippen molar-refractivity contribution in [2.45, 2.75) is 57.3 Å². The third-order valence-electron chi connectivity index (χ3n) is 5.73. The summed E-state index contributed by atoms with van der Waals surface area (Å²) < 4.78 is 5.03. The van der Waals surface area contributed by atoms with Crippen LogP contribution in [0.15, 0.2) is 5.38 Å². The van der Waals surface area contributed by atoms with Gasteiger partial charge in [0.15, 0.2) is 0 Å². The standard InChI is InChI=1S/C17H23NO2S/c1-2-20-16(19)6-15-18-14(10-21-15)17-7-11-3-12(8-17)5-13(4-11)9-17/h10-13H,2-9H2,1H3. The lowest BCUT2D eigenvalue weighted by molar-refractivity contribution is -0.142. The second-order valence-corrected chi connectivity index (χ2v) is 8.25. The van der Waals surface area contributed by atoms with E-state index in [1.807, 2.05) is 6.92 Å². The highest BCUT2D eigenvalue weighted by Crippen LogP contribution is 2.60.